The van der Waals surface area contributed by atoms with Gasteiger partial charge in [0.1, 0.15) is 0 Å². The van der Waals surface area contributed by atoms with E-state index in [9.17, 15) is 0 Å². The molecule has 0 atom stereocenters. The first-order chi connectivity index (χ1) is 8.00. The summed E-state index contributed by atoms with van der Waals surface area (Å²) in [5.41, 5.74) is -1.00. The molecular formula is C14H40O4Si2Ti. The van der Waals surface area contributed by atoms with Crippen LogP contribution in [-0.2, 0) is 21.7 Å². The molecule has 0 aromatic carbocycles. The summed E-state index contributed by atoms with van der Waals surface area (Å²) in [6, 6.07) is 0. The zero-order valence-corrected chi connectivity index (χ0v) is 19.9. The second kappa shape index (κ2) is 13.4. The van der Waals surface area contributed by atoms with Gasteiger partial charge in [0.15, 0.2) is 16.6 Å². The topological polar surface area (TPSA) is 80.9 Å². The van der Waals surface area contributed by atoms with Gasteiger partial charge in [-0.2, -0.15) is 0 Å². The van der Waals surface area contributed by atoms with Crippen LogP contribution in [0.2, 0.25) is 39.3 Å². The molecule has 0 fully saturated rings. The Labute approximate surface area is 150 Å². The maximum absolute atomic E-state index is 8.66. The van der Waals surface area contributed by atoms with Crippen LogP contribution >= 0.6 is 0 Å². The molecule has 0 aliphatic heterocycles. The fraction of sp³-hybridized carbons (Fsp3) is 1.00. The molecule has 0 radical (unpaired) electrons. The third-order valence-corrected chi connectivity index (χ3v) is 0. The molecule has 0 heterocycles. The van der Waals surface area contributed by atoms with Gasteiger partial charge in [0.05, 0.1) is 11.2 Å². The van der Waals surface area contributed by atoms with E-state index in [4.69, 9.17) is 19.8 Å². The first-order valence-corrected chi connectivity index (χ1v) is 13.8. The number of hydrogen-bond acceptors (Lipinski definition) is 4. The molecular weight excluding hydrogens is 336 g/mol. The third-order valence-electron chi connectivity index (χ3n) is 0. The van der Waals surface area contributed by atoms with Gasteiger partial charge in [0, 0.05) is 21.7 Å². The maximum Gasteiger partial charge on any atom is 0.179 e. The minimum atomic E-state index is -1.61. The largest absolute Gasteiger partial charge is 0.433 e. The van der Waals surface area contributed by atoms with E-state index < -0.39 is 27.8 Å². The molecule has 0 aromatic heterocycles. The standard InChI is InChI=1S/2C4H10O.2C3H10OSi.Ti/c2*1-4(2,3)5;2*1-5(2,3)4;/h2*5H,1-3H3;2*4H,1-3H3;. The van der Waals surface area contributed by atoms with Crippen molar-refractivity contribution in [3.05, 3.63) is 0 Å². The molecule has 21 heavy (non-hydrogen) atoms. The van der Waals surface area contributed by atoms with E-state index in [0.717, 1.165) is 0 Å². The van der Waals surface area contributed by atoms with Gasteiger partial charge in [0.2, 0.25) is 0 Å². The van der Waals surface area contributed by atoms with E-state index in [1.165, 1.54) is 0 Å². The summed E-state index contributed by atoms with van der Waals surface area (Å²) in [7, 11) is -3.22. The van der Waals surface area contributed by atoms with Gasteiger partial charge in [-0.15, -0.1) is 0 Å². The van der Waals surface area contributed by atoms with Gasteiger partial charge < -0.3 is 19.8 Å². The number of aliphatic hydroxyl groups is 2. The second-order valence-electron chi connectivity index (χ2n) is 8.68. The molecule has 4 N–H and O–H groups in total. The van der Waals surface area contributed by atoms with Crippen LogP contribution in [-0.4, -0.2) is 47.6 Å². The van der Waals surface area contributed by atoms with E-state index in [1.54, 1.807) is 41.5 Å². The first-order valence-electron chi connectivity index (χ1n) is 6.89. The predicted molar refractivity (Wildman–Crippen MR) is 95.1 cm³/mol. The summed E-state index contributed by atoms with van der Waals surface area (Å²) in [5.74, 6) is 0. The van der Waals surface area contributed by atoms with Crippen LogP contribution < -0.4 is 0 Å². The van der Waals surface area contributed by atoms with Gasteiger partial charge in [-0.1, -0.05) is 0 Å². The molecule has 0 aromatic rings. The summed E-state index contributed by atoms with van der Waals surface area (Å²) >= 11 is 0. The van der Waals surface area contributed by atoms with Crippen LogP contribution in [0.15, 0.2) is 0 Å². The Kier molecular flexibility index (Phi) is 21.5. The zero-order chi connectivity index (χ0) is 18.0. The van der Waals surface area contributed by atoms with E-state index in [-0.39, 0.29) is 21.7 Å². The Morgan fingerprint density at radius 3 is 0.524 bits per heavy atom. The quantitative estimate of drug-likeness (QED) is 0.490. The molecule has 0 saturated heterocycles. The molecule has 0 rings (SSSR count). The van der Waals surface area contributed by atoms with Crippen molar-refractivity contribution < 1.29 is 41.5 Å². The molecule has 0 amide bonds. The Balaban J connectivity index is -0.0000000533. The van der Waals surface area contributed by atoms with Crippen LogP contribution in [0.25, 0.3) is 0 Å². The molecule has 0 saturated carbocycles. The molecule has 132 valence electrons. The molecule has 0 spiro atoms. The fourth-order valence-corrected chi connectivity index (χ4v) is 0. The minimum Gasteiger partial charge on any atom is -0.433 e. The molecule has 0 aliphatic rings. The van der Waals surface area contributed by atoms with Gasteiger partial charge in [-0.3, -0.25) is 0 Å². The molecule has 0 bridgehead atoms. The summed E-state index contributed by atoms with van der Waals surface area (Å²) in [5, 5.41) is 17.0. The van der Waals surface area contributed by atoms with Crippen LogP contribution in [0.4, 0.5) is 0 Å². The van der Waals surface area contributed by atoms with E-state index >= 15 is 0 Å². The molecule has 4 nitrogen and oxygen atoms in total. The van der Waals surface area contributed by atoms with Crippen molar-refractivity contribution in [1.82, 2.24) is 0 Å². The van der Waals surface area contributed by atoms with Crippen molar-refractivity contribution in [2.45, 2.75) is 92.0 Å². The molecule has 0 aliphatic carbocycles. The van der Waals surface area contributed by atoms with Crippen molar-refractivity contribution in [1.29, 1.82) is 0 Å². The summed E-state index contributed by atoms with van der Waals surface area (Å²) in [4.78, 5) is 17.3. The van der Waals surface area contributed by atoms with Crippen molar-refractivity contribution in [2.24, 2.45) is 0 Å². The van der Waals surface area contributed by atoms with Crippen LogP contribution in [0.5, 0.6) is 0 Å². The van der Waals surface area contributed by atoms with Gasteiger partial charge >= 0.3 is 0 Å². The second-order valence-corrected chi connectivity index (χ2v) is 17.4. The smallest absolute Gasteiger partial charge is 0.179 e. The van der Waals surface area contributed by atoms with Gasteiger partial charge in [0.25, 0.3) is 0 Å². The minimum absolute atomic E-state index is 0. The summed E-state index contributed by atoms with van der Waals surface area (Å²) in [6.45, 7) is 21.7. The Morgan fingerprint density at radius 2 is 0.524 bits per heavy atom. The first kappa shape index (κ1) is 33.6. The van der Waals surface area contributed by atoms with E-state index in [1.807, 2.05) is 39.3 Å². The third kappa shape index (κ3) is 7750. The molecule has 7 heteroatoms. The Hall–Kier alpha value is 0.988. The average molecular weight is 377 g/mol. The van der Waals surface area contributed by atoms with Crippen molar-refractivity contribution >= 4 is 16.6 Å². The Bertz CT molecular complexity index is 139. The van der Waals surface area contributed by atoms with E-state index in [0.29, 0.717) is 0 Å². The van der Waals surface area contributed by atoms with Gasteiger partial charge in [-0.05, 0) is 80.8 Å². The number of hydrogen-bond donors (Lipinski definition) is 4. The monoisotopic (exact) mass is 376 g/mol. The van der Waals surface area contributed by atoms with E-state index in [2.05, 4.69) is 0 Å². The predicted octanol–water partition coefficient (Wildman–Crippen LogP) is 3.18. The summed E-state index contributed by atoms with van der Waals surface area (Å²) < 4.78 is 0. The SMILES string of the molecule is CC(C)(C)O.CC(C)(C)O.C[Si](C)(C)O.C[Si](C)(C)O.[Ti]. The van der Waals surface area contributed by atoms with Crippen molar-refractivity contribution in [3.8, 4) is 0 Å². The van der Waals surface area contributed by atoms with Crippen molar-refractivity contribution in [2.75, 3.05) is 0 Å². The maximum atomic E-state index is 8.66. The van der Waals surface area contributed by atoms with Crippen molar-refractivity contribution in [3.63, 3.8) is 0 Å². The number of rotatable bonds is 0. The van der Waals surface area contributed by atoms with Crippen LogP contribution in [0.1, 0.15) is 41.5 Å². The summed E-state index contributed by atoms with van der Waals surface area (Å²) in [6.07, 6.45) is 0. The Morgan fingerprint density at radius 1 is 0.524 bits per heavy atom. The van der Waals surface area contributed by atoms with Crippen LogP contribution in [0, 0.1) is 0 Å². The zero-order valence-electron chi connectivity index (χ0n) is 16.3. The fourth-order valence-electron chi connectivity index (χ4n) is 0. The molecule has 0 unspecified atom stereocenters. The normalized spacial score (nSPS) is 11.4. The van der Waals surface area contributed by atoms with Gasteiger partial charge in [-0.25, -0.2) is 0 Å². The van der Waals surface area contributed by atoms with Crippen LogP contribution in [0.3, 0.4) is 0 Å². The average Bonchev–Trinajstić information content (AvgIpc) is 1.62.